The molecule has 1 fully saturated rings. The average Bonchev–Trinajstić information content (AvgIpc) is 2.95. The van der Waals surface area contributed by atoms with Crippen LogP contribution in [0.5, 0.6) is 0 Å². The summed E-state index contributed by atoms with van der Waals surface area (Å²) >= 11 is 0. The zero-order valence-electron chi connectivity index (χ0n) is 12.9. The quantitative estimate of drug-likeness (QED) is 0.873. The first kappa shape index (κ1) is 12.9. The van der Waals surface area contributed by atoms with Crippen molar-refractivity contribution < 1.29 is 4.52 Å². The molecular weight excluding hydrogens is 288 g/mol. The summed E-state index contributed by atoms with van der Waals surface area (Å²) < 4.78 is 5.54. The van der Waals surface area contributed by atoms with Gasteiger partial charge in [-0.1, -0.05) is 35.5 Å². The van der Waals surface area contributed by atoms with Gasteiger partial charge in [-0.05, 0) is 43.7 Å². The topological polar surface area (TPSA) is 63.6 Å². The third-order valence-electron chi connectivity index (χ3n) is 5.03. The number of hydrogen-bond acceptors (Lipinski definition) is 5. The van der Waals surface area contributed by atoms with Crippen LogP contribution in [0.4, 0.5) is 0 Å². The summed E-state index contributed by atoms with van der Waals surface area (Å²) in [7, 11) is 0. The van der Waals surface area contributed by atoms with E-state index in [1.807, 2.05) is 0 Å². The lowest BCUT2D eigenvalue weighted by atomic mass is 9.91. The van der Waals surface area contributed by atoms with Crippen molar-refractivity contribution in [1.29, 1.82) is 0 Å². The van der Waals surface area contributed by atoms with E-state index in [4.69, 9.17) is 4.52 Å². The van der Waals surface area contributed by atoms with Gasteiger partial charge < -0.3 is 4.52 Å². The number of rotatable bonds is 3. The molecule has 0 bridgehead atoms. The molecule has 0 radical (unpaired) electrons. The Balaban J connectivity index is 1.53. The first-order chi connectivity index (χ1) is 11.3. The van der Waals surface area contributed by atoms with Crippen molar-refractivity contribution in [2.45, 2.75) is 38.0 Å². The maximum absolute atomic E-state index is 5.54. The van der Waals surface area contributed by atoms with E-state index in [0.717, 1.165) is 48.5 Å². The van der Waals surface area contributed by atoms with Crippen molar-refractivity contribution in [2.24, 2.45) is 10.2 Å². The molecule has 5 rings (SSSR count). The third kappa shape index (κ3) is 1.79. The zero-order chi connectivity index (χ0) is 15.4. The molecule has 1 aromatic carbocycles. The van der Waals surface area contributed by atoms with Gasteiger partial charge in [0.05, 0.1) is 11.1 Å². The highest BCUT2D eigenvalue weighted by Crippen LogP contribution is 2.53. The summed E-state index contributed by atoms with van der Waals surface area (Å²) in [6.45, 7) is 2.14. The fraction of sp³-hybridized carbons (Fsp3) is 0.333. The van der Waals surface area contributed by atoms with Gasteiger partial charge in [0.15, 0.2) is 11.5 Å². The van der Waals surface area contributed by atoms with Crippen molar-refractivity contribution in [3.05, 3.63) is 58.8 Å². The minimum absolute atomic E-state index is 0.0833. The first-order valence-corrected chi connectivity index (χ1v) is 8.04. The number of benzene rings is 1. The van der Waals surface area contributed by atoms with E-state index in [2.05, 4.69) is 57.6 Å². The molecule has 2 aromatic rings. The molecule has 23 heavy (non-hydrogen) atoms. The minimum atomic E-state index is -0.0833. The van der Waals surface area contributed by atoms with Crippen LogP contribution in [-0.2, 0) is 5.41 Å². The summed E-state index contributed by atoms with van der Waals surface area (Å²) in [6.07, 6.45) is 6.25. The average molecular weight is 304 g/mol. The Hall–Kier alpha value is -2.56. The molecule has 2 heterocycles. The predicted octanol–water partition coefficient (Wildman–Crippen LogP) is 3.34. The molecule has 0 amide bonds. The summed E-state index contributed by atoms with van der Waals surface area (Å²) in [5.41, 5.74) is 5.34. The Morgan fingerprint density at radius 2 is 2.00 bits per heavy atom. The van der Waals surface area contributed by atoms with E-state index in [1.54, 1.807) is 0 Å². The second-order valence-corrected chi connectivity index (χ2v) is 6.47. The van der Waals surface area contributed by atoms with Gasteiger partial charge in [0, 0.05) is 5.57 Å². The van der Waals surface area contributed by atoms with Gasteiger partial charge in [-0.3, -0.25) is 0 Å². The smallest absolute Gasteiger partial charge is 0.279 e. The van der Waals surface area contributed by atoms with Gasteiger partial charge in [-0.2, -0.15) is 10.1 Å². The molecule has 0 unspecified atom stereocenters. The summed E-state index contributed by atoms with van der Waals surface area (Å²) in [4.78, 5) is 4.68. The van der Waals surface area contributed by atoms with E-state index < -0.39 is 0 Å². The highest BCUT2D eigenvalue weighted by molar-refractivity contribution is 6.32. The van der Waals surface area contributed by atoms with Crippen molar-refractivity contribution in [3.63, 3.8) is 0 Å². The molecule has 5 nitrogen and oxygen atoms in total. The van der Waals surface area contributed by atoms with Gasteiger partial charge in [0.1, 0.15) is 0 Å². The molecule has 2 aliphatic carbocycles. The van der Waals surface area contributed by atoms with Crippen LogP contribution in [-0.4, -0.2) is 21.6 Å². The predicted molar refractivity (Wildman–Crippen MR) is 86.8 cm³/mol. The lowest BCUT2D eigenvalue weighted by Crippen LogP contribution is -2.13. The molecule has 0 saturated heterocycles. The first-order valence-electron chi connectivity index (χ1n) is 8.04. The molecule has 0 spiro atoms. The van der Waals surface area contributed by atoms with Crippen molar-refractivity contribution in [2.75, 3.05) is 0 Å². The molecular formula is C18H16N4O. The Kier molecular flexibility index (Phi) is 2.52. The van der Waals surface area contributed by atoms with Crippen LogP contribution < -0.4 is 0 Å². The van der Waals surface area contributed by atoms with Crippen LogP contribution >= 0.6 is 0 Å². The number of allylic oxidation sites excluding steroid dienone is 2. The van der Waals surface area contributed by atoms with Gasteiger partial charge in [0.25, 0.3) is 5.89 Å². The monoisotopic (exact) mass is 304 g/mol. The second kappa shape index (κ2) is 4.47. The van der Waals surface area contributed by atoms with Gasteiger partial charge in [-0.15, -0.1) is 5.10 Å². The molecule has 0 atom stereocenters. The van der Waals surface area contributed by atoms with E-state index in [1.165, 1.54) is 11.1 Å². The van der Waals surface area contributed by atoms with Crippen LogP contribution in [0.15, 0.2) is 50.6 Å². The fourth-order valence-electron chi connectivity index (χ4n) is 3.63. The number of aromatic nitrogens is 2. The normalized spacial score (nSPS) is 20.8. The summed E-state index contributed by atoms with van der Waals surface area (Å²) in [5, 5.41) is 12.7. The second-order valence-electron chi connectivity index (χ2n) is 6.47. The van der Waals surface area contributed by atoms with E-state index in [0.29, 0.717) is 5.89 Å². The zero-order valence-corrected chi connectivity index (χ0v) is 12.9. The van der Waals surface area contributed by atoms with Crippen molar-refractivity contribution >= 4 is 11.4 Å². The van der Waals surface area contributed by atoms with E-state index >= 15 is 0 Å². The standard InChI is InChI=1S/C18H16N4O/c1-11-5-2-3-7-13(11)18(9-10-18)17-19-16(23-22-17)15-12-6-4-8-14(12)20-21-15/h2-3,5-7H,4,8-10H2,1H3. The number of nitrogens with zero attached hydrogens (tertiary/aromatic N) is 4. The molecule has 5 heteroatoms. The van der Waals surface area contributed by atoms with Crippen LogP contribution in [0.1, 0.15) is 48.5 Å². The number of fused-ring (bicyclic) bond motifs is 1. The Morgan fingerprint density at radius 3 is 2.83 bits per heavy atom. The van der Waals surface area contributed by atoms with Gasteiger partial charge in [0.2, 0.25) is 0 Å². The number of aryl methyl sites for hydroxylation is 1. The highest BCUT2D eigenvalue weighted by Gasteiger charge is 2.51. The molecule has 3 aliphatic rings. The maximum atomic E-state index is 5.54. The van der Waals surface area contributed by atoms with Crippen LogP contribution in [0.3, 0.4) is 0 Å². The lowest BCUT2D eigenvalue weighted by Gasteiger charge is -2.13. The maximum Gasteiger partial charge on any atom is 0.279 e. The largest absolute Gasteiger partial charge is 0.332 e. The molecule has 114 valence electrons. The summed E-state index contributed by atoms with van der Waals surface area (Å²) in [5.74, 6) is 1.27. The lowest BCUT2D eigenvalue weighted by molar-refractivity contribution is 0.400. The molecule has 1 aliphatic heterocycles. The third-order valence-corrected chi connectivity index (χ3v) is 5.03. The Morgan fingerprint density at radius 1 is 1.13 bits per heavy atom. The van der Waals surface area contributed by atoms with Gasteiger partial charge in [-0.25, -0.2) is 0 Å². The van der Waals surface area contributed by atoms with Gasteiger partial charge >= 0.3 is 0 Å². The van der Waals surface area contributed by atoms with Crippen molar-refractivity contribution in [1.82, 2.24) is 10.1 Å². The fourth-order valence-corrected chi connectivity index (χ4v) is 3.63. The SMILES string of the molecule is Cc1ccccc1C1(c2noc(C3=NN=C4CCC=C43)n2)CC1. The molecule has 0 N–H and O–H groups in total. The van der Waals surface area contributed by atoms with Crippen LogP contribution in [0.25, 0.3) is 0 Å². The Labute approximate surface area is 133 Å². The van der Waals surface area contributed by atoms with E-state index in [-0.39, 0.29) is 5.41 Å². The Bertz CT molecular complexity index is 899. The van der Waals surface area contributed by atoms with E-state index in [9.17, 15) is 0 Å². The number of hydrogen-bond donors (Lipinski definition) is 0. The molecule has 1 saturated carbocycles. The van der Waals surface area contributed by atoms with Crippen LogP contribution in [0.2, 0.25) is 0 Å². The minimum Gasteiger partial charge on any atom is -0.332 e. The van der Waals surface area contributed by atoms with Crippen LogP contribution in [0, 0.1) is 6.92 Å². The highest BCUT2D eigenvalue weighted by atomic mass is 16.5. The van der Waals surface area contributed by atoms with Crippen molar-refractivity contribution in [3.8, 4) is 0 Å². The summed E-state index contributed by atoms with van der Waals surface area (Å²) in [6, 6.07) is 8.45. The molecule has 1 aromatic heterocycles.